The van der Waals surface area contributed by atoms with Crippen LogP contribution in [-0.2, 0) is 42.4 Å². The molecule has 4 saturated carbocycles. The molecule has 0 aliphatic heterocycles. The lowest BCUT2D eigenvalue weighted by Crippen LogP contribution is -2.15. The van der Waals surface area contributed by atoms with Crippen molar-refractivity contribution >= 4 is 45.1 Å². The maximum atomic E-state index is 6.24. The minimum Gasteiger partial charge on any atom is -0.381 e. The number of fused-ring (bicyclic) bond motifs is 1. The van der Waals surface area contributed by atoms with E-state index in [9.17, 15) is 0 Å². The van der Waals surface area contributed by atoms with Gasteiger partial charge in [-0.25, -0.2) is 0 Å². The van der Waals surface area contributed by atoms with Gasteiger partial charge in [-0.2, -0.15) is 0 Å². The average Bonchev–Trinajstić information content (AvgIpc) is 0.803. The number of nitrogens with one attached hydrogen (secondary N) is 4. The highest BCUT2D eigenvalue weighted by atomic mass is 35.5. The standard InChI is InChI=1S/C29H35N.C27H33N.C24H33N.C21H26ClN/c1-29(2,3)26-18-19-28(27(20-26)25-12-8-5-9-13-25)30-21-22-14-16-24(17-15-22)23-10-6-4-7-11-23;1-27(2,3)24-15-16-26(25(18-24)22-10-5-4-6-11-22)28-19-20-13-14-21-9-7-8-12-23(21)17-20;1-18-10-12-19(13-11-18)17-25-23-15-14-21(24(2,3)4)16-22(23)20-8-6-5-7-9-20;1-15-8-11-21(19(12-15)18-6-4-3-5-7-18)23-14-17-10-9-16(2)20(22)13-17/h4,6-7,10-11,14-20,25,30H,5,8-9,12-13,21H2,1-3H3;7-9,12-18,22,28H,4-6,10-11,19H2,1-3H3;10-16,20,25H,5-9,17H2,1-4H3;8-13,18,23H,3-7,14H2,1-2H3. The number of aryl methyl sites for hydroxylation is 3. The summed E-state index contributed by atoms with van der Waals surface area (Å²) < 4.78 is 0. The van der Waals surface area contributed by atoms with Crippen LogP contribution in [-0.4, -0.2) is 0 Å². The van der Waals surface area contributed by atoms with Gasteiger partial charge in [-0.05, 0) is 237 Å². The van der Waals surface area contributed by atoms with Crippen LogP contribution in [0.5, 0.6) is 0 Å². The van der Waals surface area contributed by atoms with Crippen molar-refractivity contribution in [2.75, 3.05) is 21.3 Å². The molecule has 4 fully saturated rings. The lowest BCUT2D eigenvalue weighted by molar-refractivity contribution is 0.443. The van der Waals surface area contributed by atoms with Crippen molar-refractivity contribution in [1.82, 2.24) is 0 Å². The minimum absolute atomic E-state index is 0.190. The molecule has 0 saturated heterocycles. The minimum atomic E-state index is 0.190. The molecule has 4 nitrogen and oxygen atoms in total. The molecule has 4 N–H and O–H groups in total. The van der Waals surface area contributed by atoms with Crippen LogP contribution in [0.15, 0.2) is 212 Å². The first-order valence-corrected chi connectivity index (χ1v) is 41.4. The number of anilines is 4. The van der Waals surface area contributed by atoms with Crippen LogP contribution in [0.4, 0.5) is 22.7 Å². The lowest BCUT2D eigenvalue weighted by atomic mass is 9.79. The largest absolute Gasteiger partial charge is 0.381 e. The topological polar surface area (TPSA) is 48.1 Å². The quantitative estimate of drug-likeness (QED) is 0.0734. The summed E-state index contributed by atoms with van der Waals surface area (Å²) >= 11 is 6.24. The summed E-state index contributed by atoms with van der Waals surface area (Å²) in [4.78, 5) is 0. The first-order chi connectivity index (χ1) is 51.1. The van der Waals surface area contributed by atoms with Crippen LogP contribution in [0.25, 0.3) is 21.9 Å². The van der Waals surface area contributed by atoms with E-state index in [0.717, 1.165) is 42.7 Å². The van der Waals surface area contributed by atoms with E-state index in [1.54, 1.807) is 5.56 Å². The molecule has 5 heteroatoms. The molecule has 0 bridgehead atoms. The second-order valence-corrected chi connectivity index (χ2v) is 35.2. The fourth-order valence-corrected chi connectivity index (χ4v) is 16.7. The molecule has 14 rings (SSSR count). The van der Waals surface area contributed by atoms with Gasteiger partial charge in [0.25, 0.3) is 0 Å². The zero-order valence-corrected chi connectivity index (χ0v) is 67.6. The van der Waals surface area contributed by atoms with Gasteiger partial charge >= 0.3 is 0 Å². The van der Waals surface area contributed by atoms with E-state index in [0.29, 0.717) is 17.8 Å². The van der Waals surface area contributed by atoms with Gasteiger partial charge in [0.15, 0.2) is 0 Å². The summed E-state index contributed by atoms with van der Waals surface area (Å²) in [7, 11) is 0. The highest BCUT2D eigenvalue weighted by molar-refractivity contribution is 6.31. The molecule has 4 aliphatic rings. The second-order valence-electron chi connectivity index (χ2n) is 34.8. The van der Waals surface area contributed by atoms with Gasteiger partial charge in [0.1, 0.15) is 0 Å². The van der Waals surface area contributed by atoms with Crippen molar-refractivity contribution in [2.24, 2.45) is 0 Å². The fourth-order valence-electron chi connectivity index (χ4n) is 16.5. The summed E-state index contributed by atoms with van der Waals surface area (Å²) in [6, 6.07) is 78.3. The zero-order chi connectivity index (χ0) is 74.6. The van der Waals surface area contributed by atoms with Gasteiger partial charge in [0.05, 0.1) is 0 Å². The molecule has 0 atom stereocenters. The van der Waals surface area contributed by atoms with E-state index in [1.807, 2.05) is 6.92 Å². The Balaban J connectivity index is 0.000000142. The van der Waals surface area contributed by atoms with Crippen molar-refractivity contribution in [3.63, 3.8) is 0 Å². The van der Waals surface area contributed by atoms with Crippen molar-refractivity contribution in [1.29, 1.82) is 0 Å². The Hall–Kier alpha value is -8.05. The van der Waals surface area contributed by atoms with Crippen molar-refractivity contribution in [3.05, 3.63) is 295 Å². The molecule has 4 aliphatic carbocycles. The van der Waals surface area contributed by atoms with E-state index in [2.05, 4.69) is 310 Å². The molecule has 10 aromatic rings. The zero-order valence-electron chi connectivity index (χ0n) is 66.9. The van der Waals surface area contributed by atoms with E-state index in [-0.39, 0.29) is 16.2 Å². The van der Waals surface area contributed by atoms with Gasteiger partial charge in [0.2, 0.25) is 0 Å². The van der Waals surface area contributed by atoms with Crippen molar-refractivity contribution < 1.29 is 0 Å². The molecule has 558 valence electrons. The molecule has 0 unspecified atom stereocenters. The Kier molecular flexibility index (Phi) is 28.1. The van der Waals surface area contributed by atoms with Crippen LogP contribution >= 0.6 is 11.6 Å². The highest BCUT2D eigenvalue weighted by Crippen LogP contribution is 2.44. The number of rotatable bonds is 17. The Morgan fingerprint density at radius 2 is 0.604 bits per heavy atom. The van der Waals surface area contributed by atoms with E-state index >= 15 is 0 Å². The predicted molar refractivity (Wildman–Crippen MR) is 462 cm³/mol. The summed E-state index contributed by atoms with van der Waals surface area (Å²) in [5, 5.41) is 18.4. The summed E-state index contributed by atoms with van der Waals surface area (Å²) in [6.45, 7) is 30.7. The summed E-state index contributed by atoms with van der Waals surface area (Å²) in [6.07, 6.45) is 27.2. The van der Waals surface area contributed by atoms with Crippen LogP contribution in [0.3, 0.4) is 0 Å². The Morgan fingerprint density at radius 3 is 1.01 bits per heavy atom. The smallest absolute Gasteiger partial charge is 0.0438 e. The van der Waals surface area contributed by atoms with Gasteiger partial charge in [-0.3, -0.25) is 0 Å². The van der Waals surface area contributed by atoms with E-state index in [4.69, 9.17) is 11.6 Å². The molecule has 0 spiro atoms. The molecule has 0 aromatic heterocycles. The first-order valence-electron chi connectivity index (χ1n) is 41.0. The predicted octanol–water partition coefficient (Wildman–Crippen LogP) is 29.7. The van der Waals surface area contributed by atoms with Crippen LogP contribution in [0.2, 0.25) is 5.02 Å². The molecule has 0 amide bonds. The van der Waals surface area contributed by atoms with Crippen LogP contribution < -0.4 is 21.3 Å². The average molecular weight is 1430 g/mol. The summed E-state index contributed by atoms with van der Waals surface area (Å²) in [5.74, 6) is 2.84. The van der Waals surface area contributed by atoms with Crippen molar-refractivity contribution in [2.45, 2.75) is 278 Å². The lowest BCUT2D eigenvalue weighted by Gasteiger charge is -2.28. The second kappa shape index (κ2) is 37.7. The molecule has 0 heterocycles. The van der Waals surface area contributed by atoms with Crippen LogP contribution in [0, 0.1) is 20.8 Å². The van der Waals surface area contributed by atoms with Gasteiger partial charge in [0, 0.05) is 54.0 Å². The van der Waals surface area contributed by atoms with Gasteiger partial charge < -0.3 is 21.3 Å². The third-order valence-electron chi connectivity index (χ3n) is 23.3. The Labute approximate surface area is 646 Å². The molecular weight excluding hydrogens is 1300 g/mol. The highest BCUT2D eigenvalue weighted by Gasteiger charge is 2.27. The van der Waals surface area contributed by atoms with Gasteiger partial charge in [-0.15, -0.1) is 0 Å². The third-order valence-corrected chi connectivity index (χ3v) is 23.7. The Bertz CT molecular complexity index is 4370. The maximum Gasteiger partial charge on any atom is 0.0438 e. The number of benzene rings is 10. The number of hydrogen-bond donors (Lipinski definition) is 4. The Morgan fingerprint density at radius 1 is 0.283 bits per heavy atom. The molecule has 106 heavy (non-hydrogen) atoms. The summed E-state index contributed by atoms with van der Waals surface area (Å²) in [5.41, 5.74) is 27.9. The maximum absolute atomic E-state index is 6.24. The normalized spacial score (nSPS) is 15.6. The van der Waals surface area contributed by atoms with Gasteiger partial charge in [-0.1, -0.05) is 338 Å². The number of halogens is 1. The van der Waals surface area contributed by atoms with Crippen molar-refractivity contribution in [3.8, 4) is 11.1 Å². The van der Waals surface area contributed by atoms with Crippen LogP contribution in [0.1, 0.15) is 292 Å². The molecule has 10 aromatic carbocycles. The van der Waals surface area contributed by atoms with E-state index in [1.165, 1.54) is 240 Å². The monoisotopic (exact) mass is 1430 g/mol. The number of hydrogen-bond acceptors (Lipinski definition) is 4. The fraction of sp³-hybridized carbons (Fsp3) is 0.426. The third kappa shape index (κ3) is 22.8. The molecule has 0 radical (unpaired) electrons. The SMILES string of the molecule is CC(C)(C)c1ccc(NCc2ccc(-c3ccccc3)cc2)c(C2CCCCC2)c1.CC(C)(C)c1ccc(NCc2ccc3ccccc3c2)c(C2CCCCC2)c1.Cc1ccc(CNc2ccc(C(C)(C)C)cc2C2CCCCC2)cc1.Cc1ccc(NCc2ccc(C)c(Cl)c2)c(C2CCCCC2)c1. The molecular formula is C101H127ClN4. The van der Waals surface area contributed by atoms with E-state index < -0.39 is 0 Å². The first kappa shape index (κ1) is 79.0.